The van der Waals surface area contributed by atoms with Crippen LogP contribution in [0.2, 0.25) is 0 Å². The summed E-state index contributed by atoms with van der Waals surface area (Å²) in [5.74, 6) is 1.80. The van der Waals surface area contributed by atoms with Crippen LogP contribution in [0.4, 0.5) is 5.82 Å². The van der Waals surface area contributed by atoms with E-state index in [9.17, 15) is 0 Å². The van der Waals surface area contributed by atoms with Gasteiger partial charge in [-0.3, -0.25) is 4.98 Å². The summed E-state index contributed by atoms with van der Waals surface area (Å²) in [7, 11) is 0. The maximum Gasteiger partial charge on any atom is 0.147 e. The Hall–Kier alpha value is -1.16. The molecule has 1 N–H and O–H groups in total. The molecule has 0 bridgehead atoms. The molecule has 1 atom stereocenters. The van der Waals surface area contributed by atoms with E-state index in [0.29, 0.717) is 0 Å². The number of anilines is 1. The molecule has 1 fully saturated rings. The van der Waals surface area contributed by atoms with Gasteiger partial charge >= 0.3 is 0 Å². The number of rotatable bonds is 4. The molecule has 4 heteroatoms. The van der Waals surface area contributed by atoms with E-state index in [0.717, 1.165) is 43.6 Å². The molecule has 1 aromatic heterocycles. The molecule has 0 aliphatic carbocycles. The fourth-order valence-corrected chi connectivity index (χ4v) is 2.00. The molecule has 88 valence electrons. The van der Waals surface area contributed by atoms with Gasteiger partial charge in [-0.25, -0.2) is 4.98 Å². The van der Waals surface area contributed by atoms with Crippen LogP contribution in [0.3, 0.4) is 0 Å². The fraction of sp³-hybridized carbons (Fsp3) is 0.667. The van der Waals surface area contributed by atoms with Crippen molar-refractivity contribution in [3.63, 3.8) is 0 Å². The third-order valence-corrected chi connectivity index (χ3v) is 3.00. The minimum Gasteiger partial charge on any atom is -0.355 e. The van der Waals surface area contributed by atoms with Crippen molar-refractivity contribution >= 4 is 5.82 Å². The van der Waals surface area contributed by atoms with Gasteiger partial charge in [-0.2, -0.15) is 0 Å². The van der Waals surface area contributed by atoms with Crippen LogP contribution in [-0.2, 0) is 6.54 Å². The highest BCUT2D eigenvalue weighted by Gasteiger charge is 2.19. The molecule has 1 unspecified atom stereocenters. The number of hydrogen-bond donors (Lipinski definition) is 1. The predicted molar refractivity (Wildman–Crippen MR) is 65.4 cm³/mol. The third kappa shape index (κ3) is 2.70. The first kappa shape index (κ1) is 11.3. The van der Waals surface area contributed by atoms with Crippen LogP contribution in [-0.4, -0.2) is 29.6 Å². The van der Waals surface area contributed by atoms with Crippen molar-refractivity contribution in [2.24, 2.45) is 5.92 Å². The summed E-state index contributed by atoms with van der Waals surface area (Å²) < 4.78 is 0. The number of nitrogens with zero attached hydrogens (tertiary/aromatic N) is 3. The van der Waals surface area contributed by atoms with Gasteiger partial charge in [0.25, 0.3) is 0 Å². The molecule has 16 heavy (non-hydrogen) atoms. The van der Waals surface area contributed by atoms with E-state index < -0.39 is 0 Å². The Morgan fingerprint density at radius 2 is 2.31 bits per heavy atom. The lowest BCUT2D eigenvalue weighted by molar-refractivity contribution is 0.658. The molecule has 1 aromatic rings. The van der Waals surface area contributed by atoms with Gasteiger partial charge in [0, 0.05) is 19.6 Å². The smallest absolute Gasteiger partial charge is 0.147 e. The molecule has 0 aromatic carbocycles. The Labute approximate surface area is 97.1 Å². The molecule has 0 amide bonds. The Bertz CT molecular complexity index is 322. The highest BCUT2D eigenvalue weighted by atomic mass is 15.2. The van der Waals surface area contributed by atoms with Crippen molar-refractivity contribution in [1.29, 1.82) is 0 Å². The van der Waals surface area contributed by atoms with Crippen LogP contribution in [0.25, 0.3) is 0 Å². The quantitative estimate of drug-likeness (QED) is 0.833. The van der Waals surface area contributed by atoms with E-state index in [-0.39, 0.29) is 0 Å². The van der Waals surface area contributed by atoms with Gasteiger partial charge in [-0.1, -0.05) is 13.8 Å². The summed E-state index contributed by atoms with van der Waals surface area (Å²) >= 11 is 0. The first-order chi connectivity index (χ1) is 7.79. The van der Waals surface area contributed by atoms with E-state index in [4.69, 9.17) is 0 Å². The molecule has 1 saturated heterocycles. The lowest BCUT2D eigenvalue weighted by atomic mass is 10.2. The zero-order chi connectivity index (χ0) is 11.4. The maximum atomic E-state index is 4.47. The average Bonchev–Trinajstić information content (AvgIpc) is 2.74. The minimum absolute atomic E-state index is 0.781. The van der Waals surface area contributed by atoms with Crippen molar-refractivity contribution < 1.29 is 0 Å². The van der Waals surface area contributed by atoms with Gasteiger partial charge in [-0.05, 0) is 18.9 Å². The molecular weight excluding hydrogens is 200 g/mol. The zero-order valence-electron chi connectivity index (χ0n) is 10.1. The molecule has 4 nitrogen and oxygen atoms in total. The Balaban J connectivity index is 1.96. The molecule has 1 aliphatic rings. The summed E-state index contributed by atoms with van der Waals surface area (Å²) in [4.78, 5) is 11.2. The van der Waals surface area contributed by atoms with E-state index in [2.05, 4.69) is 34.0 Å². The van der Waals surface area contributed by atoms with Crippen LogP contribution >= 0.6 is 0 Å². The van der Waals surface area contributed by atoms with E-state index in [1.807, 2.05) is 12.4 Å². The van der Waals surface area contributed by atoms with E-state index in [1.54, 1.807) is 0 Å². The van der Waals surface area contributed by atoms with Crippen LogP contribution < -0.4 is 10.2 Å². The van der Waals surface area contributed by atoms with Crippen LogP contribution in [0.5, 0.6) is 0 Å². The number of nitrogens with one attached hydrogen (secondary N) is 1. The van der Waals surface area contributed by atoms with Gasteiger partial charge < -0.3 is 10.2 Å². The van der Waals surface area contributed by atoms with Crippen LogP contribution in [0.1, 0.15) is 26.0 Å². The topological polar surface area (TPSA) is 41.1 Å². The Morgan fingerprint density at radius 1 is 1.44 bits per heavy atom. The lowest BCUT2D eigenvalue weighted by Crippen LogP contribution is -2.21. The predicted octanol–water partition coefficient (Wildman–Crippen LogP) is 1.43. The van der Waals surface area contributed by atoms with Crippen LogP contribution in [0, 0.1) is 5.92 Å². The zero-order valence-corrected chi connectivity index (χ0v) is 10.1. The van der Waals surface area contributed by atoms with Gasteiger partial charge in [0.05, 0.1) is 18.1 Å². The van der Waals surface area contributed by atoms with Crippen molar-refractivity contribution in [2.75, 3.05) is 24.5 Å². The van der Waals surface area contributed by atoms with Gasteiger partial charge in [0.1, 0.15) is 5.82 Å². The second-order valence-electron chi connectivity index (χ2n) is 4.49. The highest BCUT2D eigenvalue weighted by molar-refractivity contribution is 5.37. The largest absolute Gasteiger partial charge is 0.355 e. The van der Waals surface area contributed by atoms with E-state index >= 15 is 0 Å². The summed E-state index contributed by atoms with van der Waals surface area (Å²) in [6.07, 6.45) is 5.03. The molecule has 2 rings (SSSR count). The average molecular weight is 220 g/mol. The SMILES string of the molecule is CCNCc1cnc(N2CCC(C)C2)cn1. The molecular formula is C12H20N4. The van der Waals surface area contributed by atoms with Crippen molar-refractivity contribution in [3.05, 3.63) is 18.1 Å². The molecule has 1 aliphatic heterocycles. The summed E-state index contributed by atoms with van der Waals surface area (Å²) in [5, 5.41) is 3.24. The second-order valence-corrected chi connectivity index (χ2v) is 4.49. The van der Waals surface area contributed by atoms with Crippen LogP contribution in [0.15, 0.2) is 12.4 Å². The summed E-state index contributed by atoms with van der Waals surface area (Å²) in [5.41, 5.74) is 1.01. The first-order valence-corrected chi connectivity index (χ1v) is 6.06. The fourth-order valence-electron chi connectivity index (χ4n) is 2.00. The van der Waals surface area contributed by atoms with E-state index in [1.165, 1.54) is 6.42 Å². The summed E-state index contributed by atoms with van der Waals surface area (Å²) in [6.45, 7) is 8.37. The highest BCUT2D eigenvalue weighted by Crippen LogP contribution is 2.20. The first-order valence-electron chi connectivity index (χ1n) is 6.06. The monoisotopic (exact) mass is 220 g/mol. The van der Waals surface area contributed by atoms with Gasteiger partial charge in [0.2, 0.25) is 0 Å². The Kier molecular flexibility index (Phi) is 3.72. The molecule has 0 saturated carbocycles. The molecule has 2 heterocycles. The number of aromatic nitrogens is 2. The number of hydrogen-bond acceptors (Lipinski definition) is 4. The normalized spacial score (nSPS) is 20.4. The molecule has 0 spiro atoms. The van der Waals surface area contributed by atoms with Gasteiger partial charge in [0.15, 0.2) is 0 Å². The Morgan fingerprint density at radius 3 is 2.88 bits per heavy atom. The third-order valence-electron chi connectivity index (χ3n) is 3.00. The standard InChI is InChI=1S/C12H20N4/c1-3-13-6-11-7-15-12(8-14-11)16-5-4-10(2)9-16/h7-8,10,13H,3-6,9H2,1-2H3. The van der Waals surface area contributed by atoms with Crippen molar-refractivity contribution in [1.82, 2.24) is 15.3 Å². The lowest BCUT2D eigenvalue weighted by Gasteiger charge is -2.16. The minimum atomic E-state index is 0.781. The maximum absolute atomic E-state index is 4.47. The van der Waals surface area contributed by atoms with Gasteiger partial charge in [-0.15, -0.1) is 0 Å². The summed E-state index contributed by atoms with van der Waals surface area (Å²) in [6, 6.07) is 0. The van der Waals surface area contributed by atoms with Crippen molar-refractivity contribution in [2.45, 2.75) is 26.8 Å². The van der Waals surface area contributed by atoms with Crippen molar-refractivity contribution in [3.8, 4) is 0 Å². The second kappa shape index (κ2) is 5.25. The molecule has 0 radical (unpaired) electrons.